The number of pyridine rings is 1. The molecular weight excluding hydrogens is 565 g/mol. The molecule has 224 valence electrons. The fraction of sp³-hybridized carbons (Fsp3) is 0.414. The van der Waals surface area contributed by atoms with Gasteiger partial charge in [-0.05, 0) is 58.0 Å². The van der Waals surface area contributed by atoms with Crippen molar-refractivity contribution < 1.29 is 23.8 Å². The number of aliphatic hydroxyl groups excluding tert-OH is 1. The number of ether oxygens (including phenoxy) is 1. The number of nitrogens with zero attached hydrogens (tertiary/aromatic N) is 5. The molecular formula is C29H35ClFN7O4. The van der Waals surface area contributed by atoms with Gasteiger partial charge in [0.05, 0.1) is 29.7 Å². The van der Waals surface area contributed by atoms with Crippen LogP contribution in [0.2, 0.25) is 5.02 Å². The SMILES string of the molecule is Cc1nnc(-c2cc(Cl)ccc2F)cc1Nc1ccnc(NC(=O)CCN2CCN(C(=O)OC(C)(C)C)CC2CO)c1. The summed E-state index contributed by atoms with van der Waals surface area (Å²) in [5, 5.41) is 24.6. The van der Waals surface area contributed by atoms with Crippen molar-refractivity contribution in [2.24, 2.45) is 0 Å². The van der Waals surface area contributed by atoms with Crippen LogP contribution < -0.4 is 10.6 Å². The highest BCUT2D eigenvalue weighted by atomic mass is 35.5. The average molecular weight is 600 g/mol. The molecule has 0 radical (unpaired) electrons. The van der Waals surface area contributed by atoms with Crippen LogP contribution in [-0.2, 0) is 9.53 Å². The third-order valence-electron chi connectivity index (χ3n) is 6.58. The van der Waals surface area contributed by atoms with Crippen LogP contribution in [0, 0.1) is 12.7 Å². The van der Waals surface area contributed by atoms with E-state index in [1.165, 1.54) is 18.2 Å². The maximum Gasteiger partial charge on any atom is 0.410 e. The van der Waals surface area contributed by atoms with Gasteiger partial charge in [0.1, 0.15) is 17.2 Å². The maximum absolute atomic E-state index is 14.4. The number of piperazine rings is 1. The summed E-state index contributed by atoms with van der Waals surface area (Å²) in [6.45, 7) is 8.72. The minimum Gasteiger partial charge on any atom is -0.444 e. The van der Waals surface area contributed by atoms with Crippen LogP contribution in [-0.4, -0.2) is 86.5 Å². The summed E-state index contributed by atoms with van der Waals surface area (Å²) in [6, 6.07) is 9.01. The summed E-state index contributed by atoms with van der Waals surface area (Å²) in [5.74, 6) is -0.363. The monoisotopic (exact) mass is 599 g/mol. The van der Waals surface area contributed by atoms with Gasteiger partial charge in [0, 0.05) is 61.1 Å². The van der Waals surface area contributed by atoms with Gasteiger partial charge in [0.2, 0.25) is 5.91 Å². The van der Waals surface area contributed by atoms with Crippen molar-refractivity contribution in [1.29, 1.82) is 0 Å². The molecule has 42 heavy (non-hydrogen) atoms. The third-order valence-corrected chi connectivity index (χ3v) is 6.82. The highest BCUT2D eigenvalue weighted by Crippen LogP contribution is 2.28. The first-order chi connectivity index (χ1) is 19.9. The summed E-state index contributed by atoms with van der Waals surface area (Å²) in [6.07, 6.45) is 1.31. The minimum absolute atomic E-state index is 0.148. The summed E-state index contributed by atoms with van der Waals surface area (Å²) in [7, 11) is 0. The van der Waals surface area contributed by atoms with Crippen LogP contribution in [0.4, 0.5) is 26.4 Å². The number of carbonyl (C=O) groups is 2. The van der Waals surface area contributed by atoms with E-state index >= 15 is 0 Å². The van der Waals surface area contributed by atoms with E-state index in [2.05, 4.69) is 25.8 Å². The first-order valence-corrected chi connectivity index (χ1v) is 13.9. The van der Waals surface area contributed by atoms with Crippen LogP contribution in [0.25, 0.3) is 11.3 Å². The first-order valence-electron chi connectivity index (χ1n) is 13.6. The number of anilines is 3. The summed E-state index contributed by atoms with van der Waals surface area (Å²) >= 11 is 6.04. The first kappa shape index (κ1) is 31.1. The summed E-state index contributed by atoms with van der Waals surface area (Å²) in [4.78, 5) is 33.0. The molecule has 1 aliphatic rings. The second kappa shape index (κ2) is 13.4. The third kappa shape index (κ3) is 8.34. The van der Waals surface area contributed by atoms with Crippen LogP contribution in [0.15, 0.2) is 42.6 Å². The molecule has 1 unspecified atom stereocenters. The lowest BCUT2D eigenvalue weighted by molar-refractivity contribution is -0.117. The fourth-order valence-electron chi connectivity index (χ4n) is 4.44. The number of aromatic nitrogens is 3. The van der Waals surface area contributed by atoms with E-state index in [0.717, 1.165) is 0 Å². The number of carbonyl (C=O) groups excluding carboxylic acids is 2. The predicted molar refractivity (Wildman–Crippen MR) is 158 cm³/mol. The zero-order valence-corrected chi connectivity index (χ0v) is 24.8. The van der Waals surface area contributed by atoms with Gasteiger partial charge in [-0.3, -0.25) is 9.69 Å². The van der Waals surface area contributed by atoms with E-state index in [1.807, 2.05) is 25.7 Å². The second-order valence-corrected chi connectivity index (χ2v) is 11.4. The Hall–Kier alpha value is -3.87. The maximum atomic E-state index is 14.4. The Morgan fingerprint density at radius 1 is 1.17 bits per heavy atom. The molecule has 2 aromatic heterocycles. The van der Waals surface area contributed by atoms with Crippen molar-refractivity contribution in [3.05, 3.63) is 59.1 Å². The van der Waals surface area contributed by atoms with Gasteiger partial charge in [0.25, 0.3) is 0 Å². The van der Waals surface area contributed by atoms with Gasteiger partial charge in [-0.2, -0.15) is 10.2 Å². The molecule has 1 aromatic carbocycles. The van der Waals surface area contributed by atoms with Crippen molar-refractivity contribution in [3.8, 4) is 11.3 Å². The lowest BCUT2D eigenvalue weighted by atomic mass is 10.1. The normalized spacial score (nSPS) is 15.8. The topological polar surface area (TPSA) is 133 Å². The Kier molecular flexibility index (Phi) is 9.92. The van der Waals surface area contributed by atoms with E-state index in [4.69, 9.17) is 16.3 Å². The molecule has 3 N–H and O–H groups in total. The Morgan fingerprint density at radius 3 is 2.69 bits per heavy atom. The highest BCUT2D eigenvalue weighted by Gasteiger charge is 2.31. The van der Waals surface area contributed by atoms with E-state index < -0.39 is 17.5 Å². The molecule has 1 aliphatic heterocycles. The van der Waals surface area contributed by atoms with Crippen LogP contribution in [0.3, 0.4) is 0 Å². The zero-order chi connectivity index (χ0) is 30.4. The molecule has 1 saturated heterocycles. The van der Waals surface area contributed by atoms with E-state index in [0.29, 0.717) is 59.8 Å². The molecule has 3 heterocycles. The number of aliphatic hydroxyl groups is 1. The fourth-order valence-corrected chi connectivity index (χ4v) is 4.61. The Balaban J connectivity index is 1.34. The molecule has 0 aliphatic carbocycles. The van der Waals surface area contributed by atoms with Crippen molar-refractivity contribution in [3.63, 3.8) is 0 Å². The quantitative estimate of drug-likeness (QED) is 0.339. The van der Waals surface area contributed by atoms with Gasteiger partial charge >= 0.3 is 6.09 Å². The lowest BCUT2D eigenvalue weighted by Crippen LogP contribution is -2.57. The highest BCUT2D eigenvalue weighted by molar-refractivity contribution is 6.30. The zero-order valence-electron chi connectivity index (χ0n) is 24.0. The van der Waals surface area contributed by atoms with E-state index in [9.17, 15) is 19.1 Å². The molecule has 1 fully saturated rings. The van der Waals surface area contributed by atoms with Crippen molar-refractivity contribution in [1.82, 2.24) is 25.0 Å². The van der Waals surface area contributed by atoms with E-state index in [-0.39, 0.29) is 30.5 Å². The molecule has 11 nitrogen and oxygen atoms in total. The number of benzene rings is 1. The Labute approximate surface area is 249 Å². The molecule has 0 spiro atoms. The number of nitrogens with one attached hydrogen (secondary N) is 2. The largest absolute Gasteiger partial charge is 0.444 e. The van der Waals surface area contributed by atoms with Gasteiger partial charge in [-0.1, -0.05) is 11.6 Å². The molecule has 2 amide bonds. The van der Waals surface area contributed by atoms with Crippen LogP contribution in [0.1, 0.15) is 32.9 Å². The van der Waals surface area contributed by atoms with E-state index in [1.54, 1.807) is 36.2 Å². The molecule has 0 bridgehead atoms. The summed E-state index contributed by atoms with van der Waals surface area (Å²) in [5.41, 5.74) is 1.77. The minimum atomic E-state index is -0.602. The van der Waals surface area contributed by atoms with Crippen LogP contribution >= 0.6 is 11.6 Å². The van der Waals surface area contributed by atoms with Gasteiger partial charge in [-0.25, -0.2) is 14.2 Å². The average Bonchev–Trinajstić information content (AvgIpc) is 2.93. The second-order valence-electron chi connectivity index (χ2n) is 11.0. The molecule has 3 aromatic rings. The molecule has 1 atom stereocenters. The predicted octanol–water partition coefficient (Wildman–Crippen LogP) is 4.63. The molecule has 4 rings (SSSR count). The molecule has 0 saturated carbocycles. The number of hydrogen-bond donors (Lipinski definition) is 3. The number of hydrogen-bond acceptors (Lipinski definition) is 9. The van der Waals surface area contributed by atoms with Crippen molar-refractivity contribution in [2.45, 2.75) is 45.8 Å². The Bertz CT molecular complexity index is 1440. The van der Waals surface area contributed by atoms with Gasteiger partial charge in [0.15, 0.2) is 0 Å². The standard InChI is InChI=1S/C29H35ClFN7O4/c1-18-24(15-25(36-35-18)22-13-19(30)5-6-23(22)31)33-20-7-9-32-26(14-20)34-27(40)8-10-37-11-12-38(16-21(37)17-39)28(41)42-29(2,3)4/h5-7,9,13-15,21,39H,8,10-12,16-17H2,1-4H3,(H2,32,33,34,36,40). The van der Waals surface area contributed by atoms with Crippen molar-refractivity contribution in [2.75, 3.05) is 43.4 Å². The summed E-state index contributed by atoms with van der Waals surface area (Å²) < 4.78 is 19.8. The van der Waals surface area contributed by atoms with Crippen molar-refractivity contribution >= 4 is 40.8 Å². The van der Waals surface area contributed by atoms with Gasteiger partial charge in [-0.15, -0.1) is 0 Å². The lowest BCUT2D eigenvalue weighted by Gasteiger charge is -2.40. The van der Waals surface area contributed by atoms with Crippen LogP contribution in [0.5, 0.6) is 0 Å². The number of aryl methyl sites for hydroxylation is 1. The number of amides is 2. The smallest absolute Gasteiger partial charge is 0.410 e. The number of rotatable bonds is 8. The number of halogens is 2. The van der Waals surface area contributed by atoms with Gasteiger partial charge < -0.3 is 25.4 Å². The Morgan fingerprint density at radius 2 is 1.95 bits per heavy atom. The molecule has 13 heteroatoms.